The molecule has 0 aliphatic rings. The van der Waals surface area contributed by atoms with E-state index in [9.17, 15) is 0 Å². The molecule has 2 aromatic carbocycles. The van der Waals surface area contributed by atoms with Crippen molar-refractivity contribution in [2.45, 2.75) is 13.8 Å². The molecule has 4 aromatic rings. The third-order valence-corrected chi connectivity index (χ3v) is 5.46. The summed E-state index contributed by atoms with van der Waals surface area (Å²) in [7, 11) is 0. The number of aryl methyl sites for hydroxylation is 2. The van der Waals surface area contributed by atoms with E-state index < -0.39 is 0 Å². The molecular formula is C12H8N4Se2. The molecule has 0 bridgehead atoms. The average molecular weight is 366 g/mol. The molecule has 0 N–H and O–H groups in total. The van der Waals surface area contributed by atoms with E-state index in [4.69, 9.17) is 0 Å². The predicted molar refractivity (Wildman–Crippen MR) is 73.5 cm³/mol. The molecule has 2 aromatic heterocycles. The molecule has 0 aliphatic heterocycles. The molecule has 0 fully saturated rings. The van der Waals surface area contributed by atoms with Gasteiger partial charge in [-0.05, 0) is 0 Å². The molecule has 6 heteroatoms. The summed E-state index contributed by atoms with van der Waals surface area (Å²) in [6, 6.07) is 4.38. The van der Waals surface area contributed by atoms with E-state index in [0.717, 1.165) is 22.1 Å². The molecule has 18 heavy (non-hydrogen) atoms. The number of fused-ring (bicyclic) bond motifs is 5. The quantitative estimate of drug-likeness (QED) is 0.442. The van der Waals surface area contributed by atoms with Crippen molar-refractivity contribution in [2.75, 3.05) is 0 Å². The van der Waals surface area contributed by atoms with Gasteiger partial charge in [0.05, 0.1) is 0 Å². The molecule has 2 heterocycles. The summed E-state index contributed by atoms with van der Waals surface area (Å²) in [6.07, 6.45) is 0. The van der Waals surface area contributed by atoms with Gasteiger partial charge in [-0.25, -0.2) is 0 Å². The molecule has 4 rings (SSSR count). The first-order chi connectivity index (χ1) is 8.75. The maximum atomic E-state index is 4.58. The zero-order chi connectivity index (χ0) is 12.3. The Kier molecular flexibility index (Phi) is 2.23. The molecule has 4 nitrogen and oxygen atoms in total. The Bertz CT molecular complexity index is 831. The van der Waals surface area contributed by atoms with Crippen LogP contribution in [0.1, 0.15) is 11.1 Å². The topological polar surface area (TPSA) is 51.6 Å². The summed E-state index contributed by atoms with van der Waals surface area (Å²) in [6.45, 7) is 4.20. The van der Waals surface area contributed by atoms with Crippen molar-refractivity contribution in [1.82, 2.24) is 15.9 Å². The van der Waals surface area contributed by atoms with Crippen LogP contribution in [0.2, 0.25) is 0 Å². The van der Waals surface area contributed by atoms with Crippen LogP contribution >= 0.6 is 0 Å². The van der Waals surface area contributed by atoms with Gasteiger partial charge in [0.25, 0.3) is 0 Å². The number of aromatic nitrogens is 4. The summed E-state index contributed by atoms with van der Waals surface area (Å²) in [4.78, 5) is 0. The van der Waals surface area contributed by atoms with E-state index in [0.29, 0.717) is 0 Å². The van der Waals surface area contributed by atoms with Crippen molar-refractivity contribution in [3.05, 3.63) is 23.3 Å². The van der Waals surface area contributed by atoms with Crippen molar-refractivity contribution in [1.29, 1.82) is 0 Å². The fourth-order valence-electron chi connectivity index (χ4n) is 2.37. The summed E-state index contributed by atoms with van der Waals surface area (Å²) in [5.41, 5.74) is 6.66. The molecule has 0 spiro atoms. The van der Waals surface area contributed by atoms with Gasteiger partial charge in [0, 0.05) is 0 Å². The normalized spacial score (nSPS) is 11.9. The van der Waals surface area contributed by atoms with Crippen LogP contribution in [0.4, 0.5) is 0 Å². The summed E-state index contributed by atoms with van der Waals surface area (Å²) >= 11 is 0.0273. The van der Waals surface area contributed by atoms with Crippen molar-refractivity contribution >= 4 is 62.8 Å². The Balaban J connectivity index is 2.40. The number of hydrogen-bond acceptors (Lipinski definition) is 4. The van der Waals surface area contributed by atoms with Gasteiger partial charge in [0.1, 0.15) is 0 Å². The number of rotatable bonds is 0. The van der Waals surface area contributed by atoms with E-state index in [-0.39, 0.29) is 29.9 Å². The number of nitrogens with zero attached hydrogens (tertiary/aromatic N) is 4. The van der Waals surface area contributed by atoms with Crippen molar-refractivity contribution in [3.8, 4) is 0 Å². The molecule has 0 unspecified atom stereocenters. The first-order valence-electron chi connectivity index (χ1n) is 5.53. The monoisotopic (exact) mass is 368 g/mol. The minimum atomic E-state index is 0.0136. The van der Waals surface area contributed by atoms with Crippen molar-refractivity contribution in [3.63, 3.8) is 0 Å². The molecule has 0 radical (unpaired) electrons. The second-order valence-electron chi connectivity index (χ2n) is 4.40. The Labute approximate surface area is 115 Å². The van der Waals surface area contributed by atoms with Crippen molar-refractivity contribution < 1.29 is 0 Å². The van der Waals surface area contributed by atoms with Crippen LogP contribution in [0.3, 0.4) is 0 Å². The Hall–Kier alpha value is -1.06. The SMILES string of the molecule is Cc1cc2c(cc(C)c3n[se]nc32)c2n[se]nc12. The fourth-order valence-corrected chi connectivity index (χ4v) is 4.96. The summed E-state index contributed by atoms with van der Waals surface area (Å²) in [5.74, 6) is 0. The molecule has 0 saturated carbocycles. The third-order valence-electron chi connectivity index (χ3n) is 3.25. The van der Waals surface area contributed by atoms with E-state index in [2.05, 4.69) is 41.9 Å². The molecule has 88 valence electrons. The standard InChI is InChI=1S/C12H8N4Se2/c1-5-3-7-8(11-9(5)13-17-15-11)4-6(2)10-12(7)16-18-14-10/h3-4H,1-2H3. The van der Waals surface area contributed by atoms with Crippen LogP contribution in [0.5, 0.6) is 0 Å². The third kappa shape index (κ3) is 1.32. The van der Waals surface area contributed by atoms with E-state index in [1.54, 1.807) is 0 Å². The second kappa shape index (κ2) is 3.72. The van der Waals surface area contributed by atoms with Gasteiger partial charge in [-0.15, -0.1) is 0 Å². The zero-order valence-electron chi connectivity index (χ0n) is 9.76. The first-order valence-corrected chi connectivity index (χ1v) is 8.59. The molecule has 0 atom stereocenters. The predicted octanol–water partition coefficient (Wildman–Crippen LogP) is 1.46. The summed E-state index contributed by atoms with van der Waals surface area (Å²) < 4.78 is 18.2. The van der Waals surface area contributed by atoms with E-state index >= 15 is 0 Å². The Morgan fingerprint density at radius 2 is 1.06 bits per heavy atom. The first kappa shape index (κ1) is 10.8. The van der Waals surface area contributed by atoms with Crippen LogP contribution in [0, 0.1) is 13.8 Å². The van der Waals surface area contributed by atoms with E-state index in [1.807, 2.05) is 0 Å². The molecular weight excluding hydrogens is 358 g/mol. The molecule has 0 amide bonds. The van der Waals surface area contributed by atoms with Crippen LogP contribution < -0.4 is 0 Å². The minimum absolute atomic E-state index is 0.0136. The summed E-state index contributed by atoms with van der Waals surface area (Å²) in [5, 5.41) is 2.37. The van der Waals surface area contributed by atoms with Gasteiger partial charge in [0.15, 0.2) is 0 Å². The number of hydrogen-bond donors (Lipinski definition) is 0. The Morgan fingerprint density at radius 1 is 0.667 bits per heavy atom. The van der Waals surface area contributed by atoms with Gasteiger partial charge in [-0.3, -0.25) is 0 Å². The fraction of sp³-hybridized carbons (Fsp3) is 0.167. The van der Waals surface area contributed by atoms with Gasteiger partial charge >= 0.3 is 116 Å². The van der Waals surface area contributed by atoms with Gasteiger partial charge in [-0.1, -0.05) is 0 Å². The van der Waals surface area contributed by atoms with Crippen LogP contribution in [0.15, 0.2) is 12.1 Å². The van der Waals surface area contributed by atoms with Crippen LogP contribution in [0.25, 0.3) is 32.8 Å². The maximum absolute atomic E-state index is 4.58. The molecule has 0 saturated heterocycles. The van der Waals surface area contributed by atoms with Crippen LogP contribution in [-0.2, 0) is 0 Å². The Morgan fingerprint density at radius 3 is 1.50 bits per heavy atom. The van der Waals surface area contributed by atoms with E-state index in [1.165, 1.54) is 21.9 Å². The average Bonchev–Trinajstić information content (AvgIpc) is 2.98. The van der Waals surface area contributed by atoms with Gasteiger partial charge < -0.3 is 0 Å². The van der Waals surface area contributed by atoms with Crippen molar-refractivity contribution in [2.24, 2.45) is 0 Å². The molecule has 0 aliphatic carbocycles. The van der Waals surface area contributed by atoms with Gasteiger partial charge in [-0.2, -0.15) is 0 Å². The number of benzene rings is 2. The van der Waals surface area contributed by atoms with Crippen LogP contribution in [-0.4, -0.2) is 45.8 Å². The second-order valence-corrected chi connectivity index (χ2v) is 6.62. The zero-order valence-corrected chi connectivity index (χ0v) is 13.2. The van der Waals surface area contributed by atoms with Gasteiger partial charge in [0.2, 0.25) is 0 Å².